The van der Waals surface area contributed by atoms with Crippen LogP contribution >= 0.6 is 0 Å². The Bertz CT molecular complexity index is 655. The highest BCUT2D eigenvalue weighted by Crippen LogP contribution is 2.28. The number of ether oxygens (including phenoxy) is 1. The van der Waals surface area contributed by atoms with Crippen molar-refractivity contribution in [3.05, 3.63) is 35.4 Å². The molecule has 3 rings (SSSR count). The third-order valence-corrected chi connectivity index (χ3v) is 5.07. The Morgan fingerprint density at radius 1 is 1.28 bits per heavy atom. The van der Waals surface area contributed by atoms with Gasteiger partial charge in [0.1, 0.15) is 0 Å². The van der Waals surface area contributed by atoms with Gasteiger partial charge in [0.25, 0.3) is 5.91 Å². The normalized spacial score (nSPS) is 25.8. The van der Waals surface area contributed by atoms with E-state index in [4.69, 9.17) is 4.74 Å². The number of hydrogen-bond acceptors (Lipinski definition) is 5. The Kier molecular flexibility index (Phi) is 5.11. The van der Waals surface area contributed by atoms with Gasteiger partial charge in [-0.25, -0.2) is 4.79 Å². The third-order valence-electron chi connectivity index (χ3n) is 5.07. The van der Waals surface area contributed by atoms with Gasteiger partial charge in [-0.05, 0) is 32.5 Å². The summed E-state index contributed by atoms with van der Waals surface area (Å²) >= 11 is 0. The van der Waals surface area contributed by atoms with Crippen LogP contribution in [0.4, 0.5) is 0 Å². The van der Waals surface area contributed by atoms with Crippen LogP contribution in [0, 0.1) is 0 Å². The van der Waals surface area contributed by atoms with Gasteiger partial charge in [0.05, 0.1) is 5.56 Å². The average Bonchev–Trinajstić information content (AvgIpc) is 2.57. The number of fused-ring (bicyclic) bond motifs is 1. The Balaban J connectivity index is 1.60. The lowest BCUT2D eigenvalue weighted by molar-refractivity contribution is -0.140. The second kappa shape index (κ2) is 7.14. The van der Waals surface area contributed by atoms with Crippen molar-refractivity contribution in [2.75, 3.05) is 39.8 Å². The van der Waals surface area contributed by atoms with Crippen LogP contribution in [0.15, 0.2) is 24.3 Å². The first-order valence-corrected chi connectivity index (χ1v) is 8.90. The quantitative estimate of drug-likeness (QED) is 0.822. The molecule has 0 saturated carbocycles. The van der Waals surface area contributed by atoms with E-state index in [1.807, 2.05) is 19.1 Å². The number of amides is 1. The summed E-state index contributed by atoms with van der Waals surface area (Å²) < 4.78 is 5.50. The molecule has 0 aromatic heterocycles. The van der Waals surface area contributed by atoms with Crippen molar-refractivity contribution in [3.8, 4) is 0 Å². The van der Waals surface area contributed by atoms with E-state index in [1.165, 1.54) is 0 Å². The summed E-state index contributed by atoms with van der Waals surface area (Å²) in [7, 11) is 2.12. The van der Waals surface area contributed by atoms with Crippen LogP contribution in [0.25, 0.3) is 0 Å². The molecule has 6 nitrogen and oxygen atoms in total. The number of carbonyl (C=O) groups is 2. The van der Waals surface area contributed by atoms with Gasteiger partial charge >= 0.3 is 5.97 Å². The fraction of sp³-hybridized carbons (Fsp3) is 0.579. The molecule has 2 aliphatic rings. The molecule has 2 atom stereocenters. The van der Waals surface area contributed by atoms with Crippen LogP contribution in [0.1, 0.15) is 29.8 Å². The number of esters is 1. The number of nitrogens with one attached hydrogen (secondary N) is 1. The first kappa shape index (κ1) is 17.9. The molecule has 2 aliphatic heterocycles. The topological polar surface area (TPSA) is 61.9 Å². The van der Waals surface area contributed by atoms with Crippen LogP contribution in [-0.4, -0.2) is 73.1 Å². The fourth-order valence-corrected chi connectivity index (χ4v) is 3.50. The molecule has 2 heterocycles. The number of rotatable bonds is 4. The van der Waals surface area contributed by atoms with E-state index >= 15 is 0 Å². The molecule has 0 bridgehead atoms. The van der Waals surface area contributed by atoms with Gasteiger partial charge < -0.3 is 15.0 Å². The van der Waals surface area contributed by atoms with Gasteiger partial charge in [-0.1, -0.05) is 18.2 Å². The molecular weight excluding hydrogens is 318 g/mol. The average molecular weight is 345 g/mol. The molecule has 136 valence electrons. The van der Waals surface area contributed by atoms with Crippen LogP contribution < -0.4 is 5.32 Å². The highest BCUT2D eigenvalue weighted by atomic mass is 16.6. The lowest BCUT2D eigenvalue weighted by Gasteiger charge is -2.36. The highest BCUT2D eigenvalue weighted by Gasteiger charge is 2.42. The van der Waals surface area contributed by atoms with Crippen molar-refractivity contribution in [2.24, 2.45) is 0 Å². The van der Waals surface area contributed by atoms with Crippen LogP contribution in [0.5, 0.6) is 0 Å². The Hall–Kier alpha value is -1.92. The third kappa shape index (κ3) is 4.02. The van der Waals surface area contributed by atoms with E-state index in [1.54, 1.807) is 19.1 Å². The number of likely N-dealkylation sites (N-methyl/N-ethyl adjacent to an activating group) is 1. The molecule has 25 heavy (non-hydrogen) atoms. The van der Waals surface area contributed by atoms with Gasteiger partial charge in [0.15, 0.2) is 5.60 Å². The molecule has 6 heteroatoms. The monoisotopic (exact) mass is 345 g/mol. The molecule has 1 fully saturated rings. The van der Waals surface area contributed by atoms with Crippen molar-refractivity contribution in [2.45, 2.75) is 31.9 Å². The zero-order valence-electron chi connectivity index (χ0n) is 15.2. The minimum atomic E-state index is -1.15. The lowest BCUT2D eigenvalue weighted by atomic mass is 9.89. The second-order valence-electron chi connectivity index (χ2n) is 7.43. The molecular formula is C19H27N3O3. The van der Waals surface area contributed by atoms with E-state index in [0.29, 0.717) is 12.0 Å². The van der Waals surface area contributed by atoms with Crippen molar-refractivity contribution in [1.29, 1.82) is 0 Å². The SMILES string of the molecule is C[C@H](CN1CCN(C)CC1)NC(=O)[C@]1(C)Cc2ccccc2C(=O)O1. The van der Waals surface area contributed by atoms with Gasteiger partial charge in [-0.3, -0.25) is 9.69 Å². The number of cyclic esters (lactones) is 1. The predicted molar refractivity (Wildman–Crippen MR) is 95.5 cm³/mol. The van der Waals surface area contributed by atoms with Crippen LogP contribution in [0.2, 0.25) is 0 Å². The fourth-order valence-electron chi connectivity index (χ4n) is 3.50. The summed E-state index contributed by atoms with van der Waals surface area (Å²) in [5.41, 5.74) is 0.267. The van der Waals surface area contributed by atoms with Crippen molar-refractivity contribution in [1.82, 2.24) is 15.1 Å². The standard InChI is InChI=1S/C19H27N3O3/c1-14(13-22-10-8-21(3)9-11-22)20-18(24)19(2)12-15-6-4-5-7-16(15)17(23)25-19/h4-7,14H,8-13H2,1-3H3,(H,20,24)/t14-,19+/m1/s1. The minimum Gasteiger partial charge on any atom is -0.445 e. The van der Waals surface area contributed by atoms with E-state index in [2.05, 4.69) is 22.2 Å². The smallest absolute Gasteiger partial charge is 0.339 e. The largest absolute Gasteiger partial charge is 0.445 e. The lowest BCUT2D eigenvalue weighted by Crippen LogP contribution is -2.56. The van der Waals surface area contributed by atoms with Crippen LogP contribution in [-0.2, 0) is 16.0 Å². The zero-order chi connectivity index (χ0) is 18.0. The highest BCUT2D eigenvalue weighted by molar-refractivity contribution is 5.97. The van der Waals surface area contributed by atoms with Crippen molar-refractivity contribution >= 4 is 11.9 Å². The number of piperazine rings is 1. The van der Waals surface area contributed by atoms with Gasteiger partial charge in [-0.2, -0.15) is 0 Å². The molecule has 1 aromatic carbocycles. The molecule has 1 aromatic rings. The summed E-state index contributed by atoms with van der Waals surface area (Å²) in [4.78, 5) is 29.7. The van der Waals surface area contributed by atoms with E-state index in [0.717, 1.165) is 38.3 Å². The molecule has 1 amide bonds. The summed E-state index contributed by atoms with van der Waals surface area (Å²) in [6, 6.07) is 7.32. The molecule has 1 N–H and O–H groups in total. The number of carbonyl (C=O) groups excluding carboxylic acids is 2. The molecule has 1 saturated heterocycles. The Morgan fingerprint density at radius 3 is 2.68 bits per heavy atom. The zero-order valence-corrected chi connectivity index (χ0v) is 15.2. The summed E-state index contributed by atoms with van der Waals surface area (Å²) in [5, 5.41) is 3.03. The maximum Gasteiger partial charge on any atom is 0.339 e. The van der Waals surface area contributed by atoms with Gasteiger partial charge in [0.2, 0.25) is 0 Å². The van der Waals surface area contributed by atoms with Crippen LogP contribution in [0.3, 0.4) is 0 Å². The number of benzene rings is 1. The van der Waals surface area contributed by atoms with Crippen molar-refractivity contribution in [3.63, 3.8) is 0 Å². The molecule has 0 unspecified atom stereocenters. The maximum atomic E-state index is 12.8. The van der Waals surface area contributed by atoms with E-state index < -0.39 is 11.6 Å². The second-order valence-corrected chi connectivity index (χ2v) is 7.43. The molecule has 0 spiro atoms. The Labute approximate surface area is 149 Å². The predicted octanol–water partition coefficient (Wildman–Crippen LogP) is 0.910. The summed E-state index contributed by atoms with van der Waals surface area (Å²) in [6.45, 7) is 8.61. The maximum absolute atomic E-state index is 12.8. The molecule has 0 radical (unpaired) electrons. The first-order chi connectivity index (χ1) is 11.9. The van der Waals surface area contributed by atoms with E-state index in [9.17, 15) is 9.59 Å². The Morgan fingerprint density at radius 2 is 1.96 bits per heavy atom. The first-order valence-electron chi connectivity index (χ1n) is 8.90. The van der Waals surface area contributed by atoms with Gasteiger partial charge in [-0.15, -0.1) is 0 Å². The molecule has 0 aliphatic carbocycles. The van der Waals surface area contributed by atoms with Gasteiger partial charge in [0, 0.05) is 45.2 Å². The number of hydrogen-bond donors (Lipinski definition) is 1. The summed E-state index contributed by atoms with van der Waals surface area (Å²) in [5.74, 6) is -0.650. The van der Waals surface area contributed by atoms with E-state index in [-0.39, 0.29) is 11.9 Å². The summed E-state index contributed by atoms with van der Waals surface area (Å²) in [6.07, 6.45) is 0.405. The van der Waals surface area contributed by atoms with Crippen molar-refractivity contribution < 1.29 is 14.3 Å². The minimum absolute atomic E-state index is 0.00334. The number of nitrogens with zero attached hydrogens (tertiary/aromatic N) is 2.